The van der Waals surface area contributed by atoms with Gasteiger partial charge in [0.05, 0.1) is 51.4 Å². The molecule has 1 aromatic rings. The number of hydrogen-bond donors (Lipinski definition) is 0. The highest BCUT2D eigenvalue weighted by molar-refractivity contribution is 8.24. The number of ether oxygens (including phenoxy) is 5. The molecule has 1 heterocycles. The number of rotatable bonds is 9. The third kappa shape index (κ3) is 7.51. The minimum atomic E-state index is -0.659. The Labute approximate surface area is 239 Å². The number of carbonyl (C=O) groups excluding carboxylic acids is 2. The van der Waals surface area contributed by atoms with E-state index in [1.807, 2.05) is 6.07 Å². The van der Waals surface area contributed by atoms with Gasteiger partial charge in [0.2, 0.25) is 0 Å². The van der Waals surface area contributed by atoms with E-state index in [0.717, 1.165) is 56.3 Å². The molecule has 0 saturated heterocycles. The number of thioether (sulfide) groups is 2. The third-order valence-corrected chi connectivity index (χ3v) is 10.0. The molecular formula is C29H37NO7S2. The van der Waals surface area contributed by atoms with Gasteiger partial charge in [-0.2, -0.15) is 0 Å². The summed E-state index contributed by atoms with van der Waals surface area (Å²) in [7, 11) is 3.47. The molecule has 1 aliphatic heterocycles. The van der Waals surface area contributed by atoms with E-state index in [0.29, 0.717) is 39.3 Å². The van der Waals surface area contributed by atoms with Gasteiger partial charge in [0.25, 0.3) is 5.70 Å². The fourth-order valence-electron chi connectivity index (χ4n) is 5.13. The van der Waals surface area contributed by atoms with Crippen molar-refractivity contribution in [1.29, 1.82) is 0 Å². The van der Waals surface area contributed by atoms with E-state index in [9.17, 15) is 9.59 Å². The number of carbonyl (C=O) groups is 2. The number of esters is 2. The number of nitrogens with zero attached hydrogens (tertiary/aromatic N) is 1. The highest BCUT2D eigenvalue weighted by atomic mass is 32.2. The highest BCUT2D eigenvalue weighted by Gasteiger charge is 2.34. The quantitative estimate of drug-likeness (QED) is 0.140. The zero-order chi connectivity index (χ0) is 27.9. The molecule has 0 atom stereocenters. The van der Waals surface area contributed by atoms with Gasteiger partial charge in [-0.15, -0.1) is 0 Å². The van der Waals surface area contributed by atoms with Crippen molar-refractivity contribution < 1.29 is 33.3 Å². The van der Waals surface area contributed by atoms with E-state index in [2.05, 4.69) is 4.85 Å². The third-order valence-electron chi connectivity index (χ3n) is 7.42. The Balaban J connectivity index is 1.55. The van der Waals surface area contributed by atoms with Crippen molar-refractivity contribution in [3.8, 4) is 11.5 Å². The second-order valence-corrected chi connectivity index (χ2v) is 12.7. The molecule has 0 unspecified atom stereocenters. The molecule has 0 aromatic heterocycles. The van der Waals surface area contributed by atoms with Gasteiger partial charge in [-0.1, -0.05) is 23.5 Å². The second kappa shape index (κ2) is 13.9. The molecule has 3 aliphatic rings. The lowest BCUT2D eigenvalue weighted by Crippen LogP contribution is -2.28. The first kappa shape index (κ1) is 29.8. The normalized spacial score (nSPS) is 25.9. The minimum Gasteiger partial charge on any atom is -0.492 e. The Bertz CT molecular complexity index is 1110. The maximum absolute atomic E-state index is 13.1. The maximum Gasteiger partial charge on any atom is 0.338 e. The maximum atomic E-state index is 13.1. The molecule has 2 aliphatic carbocycles. The summed E-state index contributed by atoms with van der Waals surface area (Å²) in [6.45, 7) is 11.7. The predicted molar refractivity (Wildman–Crippen MR) is 150 cm³/mol. The van der Waals surface area contributed by atoms with Crippen molar-refractivity contribution in [1.82, 2.24) is 0 Å². The smallest absolute Gasteiger partial charge is 0.338 e. The Morgan fingerprint density at radius 3 is 2.05 bits per heavy atom. The lowest BCUT2D eigenvalue weighted by Gasteiger charge is -2.27. The van der Waals surface area contributed by atoms with Gasteiger partial charge in [0, 0.05) is 14.2 Å². The molecule has 0 N–H and O–H groups in total. The molecule has 8 nitrogen and oxygen atoms in total. The molecule has 1 aromatic carbocycles. The van der Waals surface area contributed by atoms with Gasteiger partial charge in [-0.3, -0.25) is 9.59 Å². The van der Waals surface area contributed by atoms with E-state index < -0.39 is 5.97 Å². The van der Waals surface area contributed by atoms with E-state index in [-0.39, 0.29) is 29.8 Å². The number of fused-ring (bicyclic) bond motifs is 1. The fraction of sp³-hybridized carbons (Fsp3) is 0.621. The SMILES string of the molecule is [C-]#[N+]/C(C(=O)OC(C)C)=C1/Sc2c(OCC3CCC(OC)CC3)ccc(OC(=O)C3CCC(OC)CC3)c2S1. The summed E-state index contributed by atoms with van der Waals surface area (Å²) < 4.78 is 29.0. The summed E-state index contributed by atoms with van der Waals surface area (Å²) in [6, 6.07) is 3.58. The summed E-state index contributed by atoms with van der Waals surface area (Å²) >= 11 is 2.55. The number of methoxy groups -OCH3 is 2. The topological polar surface area (TPSA) is 84.7 Å². The van der Waals surface area contributed by atoms with Gasteiger partial charge in [-0.25, -0.2) is 4.85 Å². The van der Waals surface area contributed by atoms with Gasteiger partial charge in [0.1, 0.15) is 11.5 Å². The molecule has 4 rings (SSSR count). The van der Waals surface area contributed by atoms with Crippen LogP contribution in [0, 0.1) is 18.4 Å². The van der Waals surface area contributed by atoms with Crippen molar-refractivity contribution in [3.63, 3.8) is 0 Å². The van der Waals surface area contributed by atoms with E-state index >= 15 is 0 Å². The largest absolute Gasteiger partial charge is 0.492 e. The lowest BCUT2D eigenvalue weighted by molar-refractivity contribution is -0.142. The average Bonchev–Trinajstić information content (AvgIpc) is 3.38. The van der Waals surface area contributed by atoms with Crippen molar-refractivity contribution in [2.24, 2.45) is 11.8 Å². The number of hydrogen-bond acceptors (Lipinski definition) is 9. The van der Waals surface area contributed by atoms with Gasteiger partial charge < -0.3 is 23.7 Å². The van der Waals surface area contributed by atoms with Crippen LogP contribution in [0.25, 0.3) is 4.85 Å². The summed E-state index contributed by atoms with van der Waals surface area (Å²) in [5, 5.41) is 0. The zero-order valence-electron chi connectivity index (χ0n) is 23.0. The van der Waals surface area contributed by atoms with Crippen LogP contribution in [0.2, 0.25) is 0 Å². The first-order valence-corrected chi connectivity index (χ1v) is 15.2. The van der Waals surface area contributed by atoms with E-state index in [1.54, 1.807) is 34.1 Å². The monoisotopic (exact) mass is 575 g/mol. The first-order valence-electron chi connectivity index (χ1n) is 13.6. The molecule has 2 saturated carbocycles. The summed E-state index contributed by atoms with van der Waals surface area (Å²) in [4.78, 5) is 30.7. The van der Waals surface area contributed by atoms with Crippen LogP contribution in [0.4, 0.5) is 0 Å². The van der Waals surface area contributed by atoms with Crippen LogP contribution >= 0.6 is 23.5 Å². The lowest BCUT2D eigenvalue weighted by atomic mass is 9.87. The van der Waals surface area contributed by atoms with Crippen LogP contribution in [0.1, 0.15) is 65.2 Å². The van der Waals surface area contributed by atoms with Crippen LogP contribution in [0.15, 0.2) is 31.9 Å². The zero-order valence-corrected chi connectivity index (χ0v) is 24.7. The van der Waals surface area contributed by atoms with Crippen LogP contribution in [-0.2, 0) is 23.8 Å². The van der Waals surface area contributed by atoms with Gasteiger partial charge in [-0.05, 0) is 83.3 Å². The van der Waals surface area contributed by atoms with E-state index in [4.69, 9.17) is 30.3 Å². The van der Waals surface area contributed by atoms with Gasteiger partial charge >= 0.3 is 11.9 Å². The molecule has 2 fully saturated rings. The Morgan fingerprint density at radius 2 is 1.49 bits per heavy atom. The molecule has 0 amide bonds. The highest BCUT2D eigenvalue weighted by Crippen LogP contribution is 2.59. The summed E-state index contributed by atoms with van der Waals surface area (Å²) in [5.41, 5.74) is -0.0751. The second-order valence-electron chi connectivity index (χ2n) is 10.4. The molecule has 10 heteroatoms. The van der Waals surface area contributed by atoms with Crippen LogP contribution in [0.3, 0.4) is 0 Å². The van der Waals surface area contributed by atoms with Gasteiger partial charge in [0.15, 0.2) is 0 Å². The summed E-state index contributed by atoms with van der Waals surface area (Å²) in [5.74, 6) is 0.413. The van der Waals surface area contributed by atoms with E-state index in [1.165, 1.54) is 23.5 Å². The Hall–Kier alpha value is -2.19. The minimum absolute atomic E-state index is 0.0751. The molecule has 39 heavy (non-hydrogen) atoms. The molecular weight excluding hydrogens is 538 g/mol. The molecule has 212 valence electrons. The molecule has 0 bridgehead atoms. The predicted octanol–water partition coefficient (Wildman–Crippen LogP) is 6.62. The first-order chi connectivity index (χ1) is 18.8. The van der Waals surface area contributed by atoms with Crippen molar-refractivity contribution >= 4 is 35.5 Å². The summed E-state index contributed by atoms with van der Waals surface area (Å²) in [6.07, 6.45) is 7.40. The van der Waals surface area contributed by atoms with Crippen LogP contribution in [0.5, 0.6) is 11.5 Å². The van der Waals surface area contributed by atoms with Crippen molar-refractivity contribution in [3.05, 3.63) is 33.5 Å². The van der Waals surface area contributed by atoms with Crippen molar-refractivity contribution in [2.45, 2.75) is 93.3 Å². The molecule has 0 spiro atoms. The fourth-order valence-corrected chi connectivity index (χ4v) is 7.69. The van der Waals surface area contributed by atoms with Crippen molar-refractivity contribution in [2.75, 3.05) is 20.8 Å². The van der Waals surface area contributed by atoms with Crippen LogP contribution < -0.4 is 9.47 Å². The van der Waals surface area contributed by atoms with Crippen LogP contribution in [-0.4, -0.2) is 51.1 Å². The number of benzene rings is 1. The Kier molecular flexibility index (Phi) is 10.6. The average molecular weight is 576 g/mol. The standard InChI is InChI=1S/C29H37NO7S2/c1-17(2)36-28(32)24(30-3)29-38-25-22(35-16-18-6-10-20(33-4)11-7-18)14-15-23(26(25)39-29)37-27(31)19-8-12-21(34-5)13-9-19/h14-15,17-21H,6-13,16H2,1-2,4-5H3/b29-24-. The molecule has 0 radical (unpaired) electrons. The Morgan fingerprint density at radius 1 is 0.923 bits per heavy atom.